The van der Waals surface area contributed by atoms with E-state index < -0.39 is 29.0 Å². The van der Waals surface area contributed by atoms with E-state index in [0.29, 0.717) is 11.8 Å². The third-order valence-electron chi connectivity index (χ3n) is 4.40. The number of para-hydroxylation sites is 1. The molecule has 0 saturated heterocycles. The van der Waals surface area contributed by atoms with Crippen molar-refractivity contribution in [3.63, 3.8) is 0 Å². The summed E-state index contributed by atoms with van der Waals surface area (Å²) < 4.78 is 46.1. The highest BCUT2D eigenvalue weighted by atomic mass is 19.4. The number of halogens is 3. The summed E-state index contributed by atoms with van der Waals surface area (Å²) in [6.45, 7) is 4.96. The standard InChI is InChI=1S/C18H18F3N3O2/c1-10-6-5-7-11(2)14(10)24-12(3)8-17(16(25)26-4,18(19,20)21)13(9-22)15(24)23/h5-8H,23H2,1-4H3. The lowest BCUT2D eigenvalue weighted by Crippen LogP contribution is -2.51. The van der Waals surface area contributed by atoms with Crippen LogP contribution in [0.1, 0.15) is 18.1 Å². The first kappa shape index (κ1) is 19.4. The molecule has 1 aromatic carbocycles. The Kier molecular flexibility index (Phi) is 4.77. The maximum Gasteiger partial charge on any atom is 0.413 e. The molecule has 0 amide bonds. The fraction of sp³-hybridized carbons (Fsp3) is 0.333. The number of nitriles is 1. The lowest BCUT2D eigenvalue weighted by Gasteiger charge is -2.40. The van der Waals surface area contributed by atoms with Gasteiger partial charge in [0.2, 0.25) is 5.41 Å². The van der Waals surface area contributed by atoms with E-state index in [0.717, 1.165) is 18.2 Å². The van der Waals surface area contributed by atoms with Crippen molar-refractivity contribution in [3.05, 3.63) is 52.5 Å². The summed E-state index contributed by atoms with van der Waals surface area (Å²) >= 11 is 0. The summed E-state index contributed by atoms with van der Waals surface area (Å²) in [5, 5.41) is 9.44. The largest absolute Gasteiger partial charge is 0.468 e. The molecule has 0 radical (unpaired) electrons. The second-order valence-corrected chi connectivity index (χ2v) is 6.03. The lowest BCUT2D eigenvalue weighted by molar-refractivity contribution is -0.209. The number of anilines is 1. The van der Waals surface area contributed by atoms with Gasteiger partial charge in [0.1, 0.15) is 17.5 Å². The van der Waals surface area contributed by atoms with Crippen LogP contribution >= 0.6 is 0 Å². The molecule has 2 N–H and O–H groups in total. The summed E-state index contributed by atoms with van der Waals surface area (Å²) in [7, 11) is 0.835. The zero-order valence-electron chi connectivity index (χ0n) is 14.7. The Morgan fingerprint density at radius 2 is 1.81 bits per heavy atom. The van der Waals surface area contributed by atoms with E-state index in [1.54, 1.807) is 32.0 Å². The predicted octanol–water partition coefficient (Wildman–Crippen LogP) is 3.44. The number of benzene rings is 1. The van der Waals surface area contributed by atoms with Gasteiger partial charge in [-0.3, -0.25) is 9.69 Å². The Bertz CT molecular complexity index is 845. The molecule has 0 spiro atoms. The molecule has 5 nitrogen and oxygen atoms in total. The van der Waals surface area contributed by atoms with Crippen LogP contribution in [0.4, 0.5) is 18.9 Å². The lowest BCUT2D eigenvalue weighted by atomic mass is 9.76. The Labute approximate surface area is 149 Å². The average molecular weight is 365 g/mol. The SMILES string of the molecule is COC(=O)C1(C(F)(F)F)C=C(C)N(c2c(C)cccc2C)C(N)=C1C#N. The van der Waals surface area contributed by atoms with E-state index >= 15 is 0 Å². The second-order valence-electron chi connectivity index (χ2n) is 6.03. The molecule has 2 rings (SSSR count). The van der Waals surface area contributed by atoms with Crippen molar-refractivity contribution in [2.75, 3.05) is 12.0 Å². The van der Waals surface area contributed by atoms with Crippen LogP contribution in [0.25, 0.3) is 0 Å². The number of alkyl halides is 3. The van der Waals surface area contributed by atoms with E-state index in [2.05, 4.69) is 4.74 Å². The highest BCUT2D eigenvalue weighted by molar-refractivity contribution is 5.88. The van der Waals surface area contributed by atoms with Gasteiger partial charge >= 0.3 is 12.1 Å². The molecule has 1 aliphatic rings. The molecule has 1 unspecified atom stereocenters. The third-order valence-corrected chi connectivity index (χ3v) is 4.40. The van der Waals surface area contributed by atoms with Gasteiger partial charge in [-0.2, -0.15) is 18.4 Å². The maximum atomic E-state index is 13.9. The first-order valence-corrected chi connectivity index (χ1v) is 7.64. The van der Waals surface area contributed by atoms with Crippen LogP contribution in [0.5, 0.6) is 0 Å². The number of esters is 1. The molecule has 1 aliphatic heterocycles. The number of nitrogens with two attached hydrogens (primary N) is 1. The van der Waals surface area contributed by atoms with Crippen molar-refractivity contribution < 1.29 is 22.7 Å². The molecule has 1 aromatic rings. The maximum absolute atomic E-state index is 13.9. The van der Waals surface area contributed by atoms with Crippen LogP contribution in [-0.4, -0.2) is 19.3 Å². The summed E-state index contributed by atoms with van der Waals surface area (Å²) in [5.41, 5.74) is 4.00. The highest BCUT2D eigenvalue weighted by Crippen LogP contribution is 2.51. The number of hydrogen-bond donors (Lipinski definition) is 1. The number of ether oxygens (including phenoxy) is 1. The number of nitrogens with zero attached hydrogens (tertiary/aromatic N) is 2. The molecule has 1 atom stereocenters. The Balaban J connectivity index is 2.86. The predicted molar refractivity (Wildman–Crippen MR) is 89.5 cm³/mol. The van der Waals surface area contributed by atoms with Crippen LogP contribution in [0.15, 0.2) is 41.4 Å². The van der Waals surface area contributed by atoms with Gasteiger partial charge in [0.25, 0.3) is 0 Å². The first-order valence-electron chi connectivity index (χ1n) is 7.64. The van der Waals surface area contributed by atoms with Crippen molar-refractivity contribution in [2.45, 2.75) is 26.9 Å². The van der Waals surface area contributed by atoms with Gasteiger partial charge in [0.05, 0.1) is 12.8 Å². The van der Waals surface area contributed by atoms with Crippen LogP contribution in [-0.2, 0) is 9.53 Å². The molecule has 26 heavy (non-hydrogen) atoms. The first-order chi connectivity index (χ1) is 12.0. The molecule has 138 valence electrons. The number of aryl methyl sites for hydroxylation is 2. The third kappa shape index (κ3) is 2.60. The van der Waals surface area contributed by atoms with Gasteiger partial charge in [-0.05, 0) is 38.0 Å². The van der Waals surface area contributed by atoms with Crippen molar-refractivity contribution in [1.29, 1.82) is 5.26 Å². The van der Waals surface area contributed by atoms with Crippen LogP contribution in [0.3, 0.4) is 0 Å². The van der Waals surface area contributed by atoms with Crippen molar-refractivity contribution in [2.24, 2.45) is 11.1 Å². The van der Waals surface area contributed by atoms with E-state index in [-0.39, 0.29) is 5.70 Å². The Hall–Kier alpha value is -2.95. The molecule has 1 heterocycles. The zero-order valence-corrected chi connectivity index (χ0v) is 14.7. The van der Waals surface area contributed by atoms with Crippen molar-refractivity contribution in [1.82, 2.24) is 0 Å². The van der Waals surface area contributed by atoms with Gasteiger partial charge < -0.3 is 10.5 Å². The van der Waals surface area contributed by atoms with Gasteiger partial charge in [-0.15, -0.1) is 0 Å². The summed E-state index contributed by atoms with van der Waals surface area (Å²) in [5.74, 6) is -2.06. The molecule has 0 bridgehead atoms. The summed E-state index contributed by atoms with van der Waals surface area (Å²) in [4.78, 5) is 13.5. The fourth-order valence-corrected chi connectivity index (χ4v) is 3.22. The molecular weight excluding hydrogens is 347 g/mol. The highest BCUT2D eigenvalue weighted by Gasteiger charge is 2.65. The summed E-state index contributed by atoms with van der Waals surface area (Å²) in [6, 6.07) is 6.83. The zero-order chi connectivity index (χ0) is 19.9. The van der Waals surface area contributed by atoms with E-state index in [4.69, 9.17) is 5.73 Å². The number of allylic oxidation sites excluding steroid dienone is 1. The van der Waals surface area contributed by atoms with Crippen molar-refractivity contribution >= 4 is 11.7 Å². The topological polar surface area (TPSA) is 79.3 Å². The van der Waals surface area contributed by atoms with Crippen molar-refractivity contribution in [3.8, 4) is 6.07 Å². The van der Waals surface area contributed by atoms with E-state index in [9.17, 15) is 23.2 Å². The molecule has 0 saturated carbocycles. The minimum Gasteiger partial charge on any atom is -0.468 e. The molecular formula is C18H18F3N3O2. The second kappa shape index (κ2) is 6.41. The normalized spacial score (nSPS) is 20.5. The Morgan fingerprint density at radius 1 is 1.27 bits per heavy atom. The number of hydrogen-bond acceptors (Lipinski definition) is 5. The number of carbonyl (C=O) groups is 1. The summed E-state index contributed by atoms with van der Waals surface area (Å²) in [6.07, 6.45) is -4.40. The molecule has 0 fully saturated rings. The minimum atomic E-state index is -5.09. The van der Waals surface area contributed by atoms with Gasteiger partial charge in [0.15, 0.2) is 0 Å². The monoisotopic (exact) mass is 365 g/mol. The van der Waals surface area contributed by atoms with E-state index in [1.807, 2.05) is 0 Å². The van der Waals surface area contributed by atoms with Crippen LogP contribution < -0.4 is 10.6 Å². The van der Waals surface area contributed by atoms with Crippen LogP contribution in [0, 0.1) is 30.6 Å². The fourth-order valence-electron chi connectivity index (χ4n) is 3.22. The number of carbonyl (C=O) groups excluding carboxylic acids is 1. The quantitative estimate of drug-likeness (QED) is 0.812. The molecule has 8 heteroatoms. The number of methoxy groups -OCH3 is 1. The molecule has 0 aliphatic carbocycles. The van der Waals surface area contributed by atoms with E-state index in [1.165, 1.54) is 17.9 Å². The van der Waals surface area contributed by atoms with Crippen LogP contribution in [0.2, 0.25) is 0 Å². The van der Waals surface area contributed by atoms with Gasteiger partial charge in [0, 0.05) is 5.70 Å². The minimum absolute atomic E-state index is 0.0709. The van der Waals surface area contributed by atoms with Gasteiger partial charge in [-0.25, -0.2) is 0 Å². The average Bonchev–Trinajstić information content (AvgIpc) is 2.54. The Morgan fingerprint density at radius 3 is 2.23 bits per heavy atom. The number of rotatable bonds is 2. The molecule has 0 aromatic heterocycles. The smallest absolute Gasteiger partial charge is 0.413 e. The van der Waals surface area contributed by atoms with Gasteiger partial charge in [-0.1, -0.05) is 18.2 Å².